The summed E-state index contributed by atoms with van der Waals surface area (Å²) in [7, 11) is 1.32. The van der Waals surface area contributed by atoms with Crippen LogP contribution in [0, 0.1) is 0 Å². The number of aromatic carboxylic acids is 1. The average molecular weight is 297 g/mol. The van der Waals surface area contributed by atoms with Crippen molar-refractivity contribution in [3.05, 3.63) is 47.8 Å². The van der Waals surface area contributed by atoms with Gasteiger partial charge in [-0.2, -0.15) is 13.2 Å². The second kappa shape index (κ2) is 5.43. The number of alkyl halides is 3. The van der Waals surface area contributed by atoms with Crippen molar-refractivity contribution in [2.75, 3.05) is 7.11 Å². The van der Waals surface area contributed by atoms with Gasteiger partial charge in [0, 0.05) is 23.5 Å². The minimum atomic E-state index is -4.50. The fraction of sp³-hybridized carbons (Fsp3) is 0.143. The van der Waals surface area contributed by atoms with Crippen LogP contribution < -0.4 is 4.74 Å². The molecule has 110 valence electrons. The Hall–Kier alpha value is -2.57. The van der Waals surface area contributed by atoms with Gasteiger partial charge in [0.25, 0.3) is 0 Å². The van der Waals surface area contributed by atoms with Crippen LogP contribution in [0.3, 0.4) is 0 Å². The first kappa shape index (κ1) is 14.8. The molecule has 1 heterocycles. The predicted molar refractivity (Wildman–Crippen MR) is 68.2 cm³/mol. The topological polar surface area (TPSA) is 59.4 Å². The molecule has 0 aliphatic rings. The lowest BCUT2D eigenvalue weighted by Gasteiger charge is -2.13. The Bertz CT molecular complexity index is 683. The van der Waals surface area contributed by atoms with Crippen LogP contribution in [0.15, 0.2) is 36.7 Å². The highest BCUT2D eigenvalue weighted by Crippen LogP contribution is 2.37. The zero-order valence-corrected chi connectivity index (χ0v) is 10.8. The maximum Gasteiger partial charge on any atom is 0.416 e. The molecule has 2 rings (SSSR count). The molecule has 0 atom stereocenters. The third-order valence-electron chi connectivity index (χ3n) is 2.82. The van der Waals surface area contributed by atoms with Crippen LogP contribution in [-0.4, -0.2) is 23.2 Å². The highest BCUT2D eigenvalue weighted by atomic mass is 19.4. The maximum absolute atomic E-state index is 12.8. The number of carboxylic acid groups (broad SMARTS) is 1. The van der Waals surface area contributed by atoms with E-state index in [2.05, 4.69) is 4.98 Å². The first-order valence-corrected chi connectivity index (χ1v) is 5.77. The zero-order chi connectivity index (χ0) is 15.6. The molecule has 0 saturated heterocycles. The molecule has 4 nitrogen and oxygen atoms in total. The summed E-state index contributed by atoms with van der Waals surface area (Å²) in [6.07, 6.45) is -2.10. The molecule has 0 fully saturated rings. The number of hydrogen-bond acceptors (Lipinski definition) is 3. The molecule has 0 radical (unpaired) electrons. The number of carbonyl (C=O) groups is 1. The van der Waals surface area contributed by atoms with Crippen LogP contribution in [-0.2, 0) is 6.18 Å². The van der Waals surface area contributed by atoms with Gasteiger partial charge >= 0.3 is 12.1 Å². The Morgan fingerprint density at radius 3 is 2.52 bits per heavy atom. The van der Waals surface area contributed by atoms with E-state index in [0.717, 1.165) is 18.3 Å². The van der Waals surface area contributed by atoms with Crippen molar-refractivity contribution in [1.82, 2.24) is 4.98 Å². The van der Waals surface area contributed by atoms with Gasteiger partial charge in [0.05, 0.1) is 18.2 Å². The van der Waals surface area contributed by atoms with Crippen molar-refractivity contribution >= 4 is 5.97 Å². The van der Waals surface area contributed by atoms with Crippen molar-refractivity contribution in [1.29, 1.82) is 0 Å². The lowest BCUT2D eigenvalue weighted by Crippen LogP contribution is -2.05. The summed E-state index contributed by atoms with van der Waals surface area (Å²) < 4.78 is 43.4. The Balaban J connectivity index is 2.61. The molecule has 1 aromatic heterocycles. The molecule has 0 aliphatic heterocycles. The number of hydrogen-bond donors (Lipinski definition) is 1. The normalized spacial score (nSPS) is 11.2. The summed E-state index contributed by atoms with van der Waals surface area (Å²) in [6.45, 7) is 0. The fourth-order valence-corrected chi connectivity index (χ4v) is 1.81. The van der Waals surface area contributed by atoms with Crippen molar-refractivity contribution in [3.8, 4) is 16.9 Å². The summed E-state index contributed by atoms with van der Waals surface area (Å²) >= 11 is 0. The number of nitrogens with zero attached hydrogens (tertiary/aromatic N) is 1. The minimum Gasteiger partial charge on any atom is -0.496 e. The molecular formula is C14H10F3NO3. The first-order chi connectivity index (χ1) is 9.82. The van der Waals surface area contributed by atoms with Crippen LogP contribution in [0.2, 0.25) is 0 Å². The molecule has 0 amide bonds. The van der Waals surface area contributed by atoms with E-state index in [1.807, 2.05) is 0 Å². The Morgan fingerprint density at radius 1 is 1.24 bits per heavy atom. The standard InChI is InChI=1S/C14H10F3NO3/c1-21-12-3-2-10(14(15,16)17)5-11(12)8-4-9(13(19)20)7-18-6-8/h2-7H,1H3,(H,19,20). The number of aromatic nitrogens is 1. The predicted octanol–water partition coefficient (Wildman–Crippen LogP) is 3.47. The van der Waals surface area contributed by atoms with E-state index >= 15 is 0 Å². The molecule has 0 spiro atoms. The maximum atomic E-state index is 12.8. The van der Waals surface area contributed by atoms with E-state index in [0.29, 0.717) is 0 Å². The van der Waals surface area contributed by atoms with Crippen molar-refractivity contribution in [2.45, 2.75) is 6.18 Å². The van der Waals surface area contributed by atoms with E-state index in [1.54, 1.807) is 0 Å². The van der Waals surface area contributed by atoms with E-state index in [-0.39, 0.29) is 22.4 Å². The number of pyridine rings is 1. The number of methoxy groups -OCH3 is 1. The van der Waals surface area contributed by atoms with Crippen LogP contribution in [0.4, 0.5) is 13.2 Å². The molecule has 1 aromatic carbocycles. The van der Waals surface area contributed by atoms with Gasteiger partial charge in [-0.25, -0.2) is 4.79 Å². The van der Waals surface area contributed by atoms with Crippen molar-refractivity contribution in [2.24, 2.45) is 0 Å². The summed E-state index contributed by atoms with van der Waals surface area (Å²) in [6, 6.07) is 4.23. The van der Waals surface area contributed by atoms with E-state index in [4.69, 9.17) is 9.84 Å². The quantitative estimate of drug-likeness (QED) is 0.942. The molecule has 0 bridgehead atoms. The first-order valence-electron chi connectivity index (χ1n) is 5.77. The van der Waals surface area contributed by atoms with Gasteiger partial charge in [0.15, 0.2) is 0 Å². The molecule has 7 heteroatoms. The average Bonchev–Trinajstić information content (AvgIpc) is 2.45. The smallest absolute Gasteiger partial charge is 0.416 e. The number of rotatable bonds is 3. The van der Waals surface area contributed by atoms with Crippen molar-refractivity contribution < 1.29 is 27.8 Å². The number of halogens is 3. The second-order valence-electron chi connectivity index (χ2n) is 4.18. The molecule has 2 aromatic rings. The number of carboxylic acids is 1. The highest BCUT2D eigenvalue weighted by Gasteiger charge is 2.31. The molecule has 0 saturated carbocycles. The largest absolute Gasteiger partial charge is 0.496 e. The Labute approximate surface area is 117 Å². The van der Waals surface area contributed by atoms with Gasteiger partial charge in [0.1, 0.15) is 5.75 Å². The SMILES string of the molecule is COc1ccc(C(F)(F)F)cc1-c1cncc(C(=O)O)c1. The Kier molecular flexibility index (Phi) is 3.84. The fourth-order valence-electron chi connectivity index (χ4n) is 1.81. The van der Waals surface area contributed by atoms with Crippen LogP contribution in [0.25, 0.3) is 11.1 Å². The third kappa shape index (κ3) is 3.13. The van der Waals surface area contributed by atoms with Gasteiger partial charge in [-0.1, -0.05) is 0 Å². The van der Waals surface area contributed by atoms with Gasteiger partial charge in [-0.05, 0) is 24.3 Å². The second-order valence-corrected chi connectivity index (χ2v) is 4.18. The van der Waals surface area contributed by atoms with Crippen molar-refractivity contribution in [3.63, 3.8) is 0 Å². The van der Waals surface area contributed by atoms with Gasteiger partial charge < -0.3 is 9.84 Å². The number of benzene rings is 1. The molecular weight excluding hydrogens is 287 g/mol. The minimum absolute atomic E-state index is 0.119. The lowest BCUT2D eigenvalue weighted by molar-refractivity contribution is -0.137. The van der Waals surface area contributed by atoms with Gasteiger partial charge in [-0.15, -0.1) is 0 Å². The summed E-state index contributed by atoms with van der Waals surface area (Å²) in [5, 5.41) is 8.92. The lowest BCUT2D eigenvalue weighted by atomic mass is 10.0. The molecule has 1 N–H and O–H groups in total. The molecule has 21 heavy (non-hydrogen) atoms. The van der Waals surface area contributed by atoms with Crippen LogP contribution >= 0.6 is 0 Å². The van der Waals surface area contributed by atoms with E-state index in [9.17, 15) is 18.0 Å². The van der Waals surface area contributed by atoms with Gasteiger partial charge in [0.2, 0.25) is 0 Å². The third-order valence-corrected chi connectivity index (χ3v) is 2.82. The van der Waals surface area contributed by atoms with Gasteiger partial charge in [-0.3, -0.25) is 4.98 Å². The monoisotopic (exact) mass is 297 g/mol. The van der Waals surface area contributed by atoms with E-state index < -0.39 is 17.7 Å². The van der Waals surface area contributed by atoms with Crippen LogP contribution in [0.1, 0.15) is 15.9 Å². The summed E-state index contributed by atoms with van der Waals surface area (Å²) in [5.41, 5.74) is -0.605. The Morgan fingerprint density at radius 2 is 1.95 bits per heavy atom. The number of ether oxygens (including phenoxy) is 1. The molecule has 0 unspecified atom stereocenters. The van der Waals surface area contributed by atoms with E-state index in [1.165, 1.54) is 25.4 Å². The molecule has 0 aliphatic carbocycles. The summed E-state index contributed by atoms with van der Waals surface area (Å²) in [5.74, 6) is -1.01. The summed E-state index contributed by atoms with van der Waals surface area (Å²) in [4.78, 5) is 14.6. The highest BCUT2D eigenvalue weighted by molar-refractivity contribution is 5.89. The van der Waals surface area contributed by atoms with Crippen LogP contribution in [0.5, 0.6) is 5.75 Å². The zero-order valence-electron chi connectivity index (χ0n) is 10.8.